The third kappa shape index (κ3) is 12.7. The summed E-state index contributed by atoms with van der Waals surface area (Å²) in [4.78, 5) is 30.8. The Labute approximate surface area is 315 Å². The maximum Gasteiger partial charge on any atom is 0.262 e. The van der Waals surface area contributed by atoms with Crippen molar-refractivity contribution >= 4 is 57.9 Å². The van der Waals surface area contributed by atoms with E-state index in [4.69, 9.17) is 34.4 Å². The Morgan fingerprint density at radius 1 is 1.04 bits per heavy atom. The molecule has 0 bridgehead atoms. The molecule has 1 aromatic carbocycles. The molecule has 1 unspecified atom stereocenters. The molecule has 3 aromatic rings. The predicted octanol–water partition coefficient (Wildman–Crippen LogP) is 7.26. The van der Waals surface area contributed by atoms with Gasteiger partial charge < -0.3 is 20.6 Å². The standard InChI is InChI=1S/C40H41N7O3S2/c1-7-9-10-11-14-30-18-20-32(21-19-30)43-39(51)46-38(49)35(29(6)41)27(4)28(5)36-34(25-50-47-36)37(48)45-40(52)44-33(13-8-2)23-26(3)16-17-31-15-12-22-42-24-31/h8,12-13,15,18-25,28,41H,2,7,9-10H2,1,3-6H3,(H2,43,46,49,51)(H2,44,45,48,52)/b26-23+,33-13+,35-27+,41-29?. The molecule has 2 amide bonds. The number of carbonyl (C=O) groups is 2. The van der Waals surface area contributed by atoms with E-state index in [1.165, 1.54) is 13.2 Å². The molecule has 2 aromatic heterocycles. The van der Waals surface area contributed by atoms with Gasteiger partial charge in [-0.15, -0.1) is 0 Å². The Kier molecular flexibility index (Phi) is 16.1. The van der Waals surface area contributed by atoms with Crippen LogP contribution < -0.4 is 21.3 Å². The first-order valence-corrected chi connectivity index (χ1v) is 17.2. The number of thiocarbonyl (C=S) groups is 2. The molecule has 2 heterocycles. The second-order valence-corrected chi connectivity index (χ2v) is 12.3. The average Bonchev–Trinajstić information content (AvgIpc) is 3.60. The lowest BCUT2D eigenvalue weighted by Crippen LogP contribution is -2.39. The molecule has 10 nitrogen and oxygen atoms in total. The number of nitrogens with zero attached hydrogens (tertiary/aromatic N) is 2. The lowest BCUT2D eigenvalue weighted by atomic mass is 9.90. The second kappa shape index (κ2) is 20.7. The van der Waals surface area contributed by atoms with Gasteiger partial charge in [0.25, 0.3) is 11.8 Å². The number of allylic oxidation sites excluding steroid dienone is 5. The molecule has 0 saturated carbocycles. The van der Waals surface area contributed by atoms with Crippen molar-refractivity contribution < 1.29 is 14.1 Å². The first kappa shape index (κ1) is 40.5. The van der Waals surface area contributed by atoms with Crippen LogP contribution in [0, 0.1) is 29.1 Å². The fraction of sp³-hybridized carbons (Fsp3) is 0.225. The zero-order chi connectivity index (χ0) is 38.0. The molecule has 0 aliphatic carbocycles. The zero-order valence-corrected chi connectivity index (χ0v) is 31.4. The Bertz CT molecular complexity index is 2040. The summed E-state index contributed by atoms with van der Waals surface area (Å²) in [5.41, 5.74) is 4.54. The van der Waals surface area contributed by atoms with E-state index in [0.29, 0.717) is 17.0 Å². The van der Waals surface area contributed by atoms with E-state index in [2.05, 4.69) is 68.6 Å². The summed E-state index contributed by atoms with van der Waals surface area (Å²) < 4.78 is 5.18. The van der Waals surface area contributed by atoms with Gasteiger partial charge in [-0.1, -0.05) is 61.8 Å². The van der Waals surface area contributed by atoms with Gasteiger partial charge in [0.15, 0.2) is 10.2 Å². The number of benzene rings is 1. The highest BCUT2D eigenvalue weighted by molar-refractivity contribution is 7.80. The molecule has 0 saturated heterocycles. The van der Waals surface area contributed by atoms with Gasteiger partial charge in [0.05, 0.1) is 5.57 Å². The lowest BCUT2D eigenvalue weighted by Gasteiger charge is -2.17. The molecular formula is C40H41N7O3S2. The Morgan fingerprint density at radius 2 is 1.79 bits per heavy atom. The third-order valence-corrected chi connectivity index (χ3v) is 7.78. The minimum absolute atomic E-state index is 0.00512. The molecule has 0 radical (unpaired) electrons. The molecular weight excluding hydrogens is 691 g/mol. The van der Waals surface area contributed by atoms with Crippen molar-refractivity contribution in [3.63, 3.8) is 0 Å². The van der Waals surface area contributed by atoms with Crippen LogP contribution in [-0.2, 0) is 4.79 Å². The number of anilines is 1. The molecule has 0 spiro atoms. The average molecular weight is 732 g/mol. The summed E-state index contributed by atoms with van der Waals surface area (Å²) in [6.45, 7) is 12.6. The molecule has 266 valence electrons. The van der Waals surface area contributed by atoms with E-state index < -0.39 is 17.7 Å². The summed E-state index contributed by atoms with van der Waals surface area (Å²) in [5.74, 6) is 10.6. The van der Waals surface area contributed by atoms with Crippen LogP contribution in [-0.4, -0.2) is 37.9 Å². The number of hydrogen-bond donors (Lipinski definition) is 5. The van der Waals surface area contributed by atoms with Gasteiger partial charge in [-0.25, -0.2) is 0 Å². The number of amides is 2. The molecule has 0 aliphatic rings. The van der Waals surface area contributed by atoms with Crippen LogP contribution in [0.4, 0.5) is 5.69 Å². The molecule has 12 heteroatoms. The maximum absolute atomic E-state index is 13.4. The van der Waals surface area contributed by atoms with Crippen molar-refractivity contribution in [3.8, 4) is 23.7 Å². The monoisotopic (exact) mass is 731 g/mol. The summed E-state index contributed by atoms with van der Waals surface area (Å²) in [6, 6.07) is 11.0. The summed E-state index contributed by atoms with van der Waals surface area (Å²) >= 11 is 10.8. The van der Waals surface area contributed by atoms with E-state index in [-0.39, 0.29) is 32.8 Å². The van der Waals surface area contributed by atoms with Crippen LogP contribution in [0.25, 0.3) is 0 Å². The van der Waals surface area contributed by atoms with Crippen LogP contribution in [0.1, 0.15) is 87.0 Å². The largest absolute Gasteiger partial charge is 0.364 e. The van der Waals surface area contributed by atoms with Gasteiger partial charge in [-0.2, -0.15) is 0 Å². The minimum atomic E-state index is -0.602. The number of rotatable bonds is 11. The highest BCUT2D eigenvalue weighted by Crippen LogP contribution is 2.28. The minimum Gasteiger partial charge on any atom is -0.364 e. The van der Waals surface area contributed by atoms with Crippen molar-refractivity contribution in [2.75, 3.05) is 5.32 Å². The van der Waals surface area contributed by atoms with E-state index in [1.54, 1.807) is 50.5 Å². The molecule has 5 N–H and O–H groups in total. The summed E-state index contributed by atoms with van der Waals surface area (Å²) in [6.07, 6.45) is 12.6. The Morgan fingerprint density at radius 3 is 2.44 bits per heavy atom. The fourth-order valence-corrected chi connectivity index (χ4v) is 5.07. The lowest BCUT2D eigenvalue weighted by molar-refractivity contribution is -0.115. The van der Waals surface area contributed by atoms with Crippen molar-refractivity contribution in [2.24, 2.45) is 0 Å². The number of hydrogen-bond acceptors (Lipinski definition) is 8. The topological polar surface area (TPSA) is 145 Å². The number of pyridine rings is 1. The van der Waals surface area contributed by atoms with Crippen molar-refractivity contribution in [3.05, 3.63) is 125 Å². The van der Waals surface area contributed by atoms with Gasteiger partial charge in [-0.3, -0.25) is 25.2 Å². The van der Waals surface area contributed by atoms with E-state index in [0.717, 1.165) is 36.0 Å². The number of unbranched alkanes of at least 4 members (excludes halogenated alkanes) is 2. The molecule has 0 fully saturated rings. The summed E-state index contributed by atoms with van der Waals surface area (Å²) in [5, 5.41) is 23.8. The first-order chi connectivity index (χ1) is 24.9. The second-order valence-electron chi connectivity index (χ2n) is 11.5. The molecule has 52 heavy (non-hydrogen) atoms. The Balaban J connectivity index is 1.69. The highest BCUT2D eigenvalue weighted by Gasteiger charge is 2.27. The molecule has 1 atom stereocenters. The highest BCUT2D eigenvalue weighted by atomic mass is 32.1. The Hall–Kier alpha value is -5.95. The van der Waals surface area contributed by atoms with Gasteiger partial charge in [0.2, 0.25) is 0 Å². The van der Waals surface area contributed by atoms with Crippen LogP contribution >= 0.6 is 24.4 Å². The predicted molar refractivity (Wildman–Crippen MR) is 215 cm³/mol. The molecule has 0 aliphatic heterocycles. The van der Waals surface area contributed by atoms with Gasteiger partial charge in [0.1, 0.15) is 17.5 Å². The number of nitrogens with one attached hydrogen (secondary N) is 5. The smallest absolute Gasteiger partial charge is 0.262 e. The maximum atomic E-state index is 13.4. The quantitative estimate of drug-likeness (QED) is 0.0344. The fourth-order valence-electron chi connectivity index (χ4n) is 4.65. The van der Waals surface area contributed by atoms with Crippen LogP contribution in [0.5, 0.6) is 0 Å². The van der Waals surface area contributed by atoms with Gasteiger partial charge in [0, 0.05) is 58.5 Å². The van der Waals surface area contributed by atoms with Crippen molar-refractivity contribution in [2.45, 2.75) is 59.8 Å². The SMILES string of the molecule is C=C/C=C(\C=C(/C)C#Cc1cccnc1)NC(=S)NC(=O)c1conc1C(C)/C(C)=C(\C(C)=N)C(=O)NC(=S)Nc1ccc(C#CCCCC)cc1. The van der Waals surface area contributed by atoms with Crippen molar-refractivity contribution in [1.82, 2.24) is 26.1 Å². The van der Waals surface area contributed by atoms with E-state index >= 15 is 0 Å². The van der Waals surface area contributed by atoms with Gasteiger partial charge >= 0.3 is 0 Å². The third-order valence-electron chi connectivity index (χ3n) is 7.38. The van der Waals surface area contributed by atoms with Crippen LogP contribution in [0.3, 0.4) is 0 Å². The zero-order valence-electron chi connectivity index (χ0n) is 29.8. The number of aromatic nitrogens is 2. The number of carbonyl (C=O) groups excluding carboxylic acids is 2. The summed E-state index contributed by atoms with van der Waals surface area (Å²) in [7, 11) is 0. The van der Waals surface area contributed by atoms with Crippen molar-refractivity contribution in [1.29, 1.82) is 5.41 Å². The normalized spacial score (nSPS) is 12.0. The molecule has 3 rings (SSSR count). The first-order valence-electron chi connectivity index (χ1n) is 16.4. The van der Waals surface area contributed by atoms with Gasteiger partial charge in [-0.05, 0) is 106 Å². The van der Waals surface area contributed by atoms with Crippen LogP contribution in [0.2, 0.25) is 0 Å². The van der Waals surface area contributed by atoms with Crippen LogP contribution in [0.15, 0.2) is 107 Å². The van der Waals surface area contributed by atoms with E-state index in [1.807, 2.05) is 37.3 Å². The van der Waals surface area contributed by atoms with E-state index in [9.17, 15) is 9.59 Å².